The van der Waals surface area contributed by atoms with E-state index < -0.39 is 5.41 Å². The van der Waals surface area contributed by atoms with E-state index in [0.29, 0.717) is 5.56 Å². The molecular weight excluding hydrogens is 241 g/mol. The minimum atomic E-state index is -0.623. The standard InChI is InChI=1S/C13H17ClFNO/c1-13(2,9-14)12(17)16(3)8-10-6-4-5-7-11(10)15/h4-7H,8-9H2,1-3H3. The van der Waals surface area contributed by atoms with Crippen molar-refractivity contribution in [2.45, 2.75) is 20.4 Å². The fourth-order valence-corrected chi connectivity index (χ4v) is 1.64. The van der Waals surface area contributed by atoms with Gasteiger partial charge in [-0.15, -0.1) is 11.6 Å². The largest absolute Gasteiger partial charge is 0.341 e. The Morgan fingerprint density at radius 2 is 2.00 bits per heavy atom. The summed E-state index contributed by atoms with van der Waals surface area (Å²) in [6.45, 7) is 3.81. The first-order valence-electron chi connectivity index (χ1n) is 5.43. The van der Waals surface area contributed by atoms with E-state index in [9.17, 15) is 9.18 Å². The zero-order valence-corrected chi connectivity index (χ0v) is 11.1. The molecule has 0 aliphatic heterocycles. The highest BCUT2D eigenvalue weighted by molar-refractivity contribution is 6.19. The van der Waals surface area contributed by atoms with Gasteiger partial charge in [-0.3, -0.25) is 4.79 Å². The van der Waals surface area contributed by atoms with Gasteiger partial charge < -0.3 is 4.90 Å². The minimum absolute atomic E-state index is 0.0873. The monoisotopic (exact) mass is 257 g/mol. The Kier molecular flexibility index (Phi) is 4.52. The van der Waals surface area contributed by atoms with Crippen LogP contribution >= 0.6 is 11.6 Å². The molecule has 1 aromatic carbocycles. The molecule has 94 valence electrons. The fourth-order valence-electron chi connectivity index (χ4n) is 1.53. The van der Waals surface area contributed by atoms with Crippen molar-refractivity contribution in [1.82, 2.24) is 4.90 Å². The van der Waals surface area contributed by atoms with E-state index in [0.717, 1.165) is 0 Å². The average molecular weight is 258 g/mol. The van der Waals surface area contributed by atoms with Gasteiger partial charge in [-0.05, 0) is 19.9 Å². The van der Waals surface area contributed by atoms with Gasteiger partial charge in [0.2, 0.25) is 5.91 Å². The van der Waals surface area contributed by atoms with Crippen LogP contribution in [0.4, 0.5) is 4.39 Å². The molecule has 0 aliphatic rings. The van der Waals surface area contributed by atoms with Gasteiger partial charge in [0.1, 0.15) is 5.82 Å². The van der Waals surface area contributed by atoms with Crippen molar-refractivity contribution in [2.24, 2.45) is 5.41 Å². The minimum Gasteiger partial charge on any atom is -0.341 e. The number of hydrogen-bond donors (Lipinski definition) is 0. The second kappa shape index (κ2) is 5.50. The normalized spacial score (nSPS) is 11.4. The molecule has 0 atom stereocenters. The lowest BCUT2D eigenvalue weighted by molar-refractivity contribution is -0.138. The average Bonchev–Trinajstić information content (AvgIpc) is 2.31. The number of halogens is 2. The lowest BCUT2D eigenvalue weighted by Crippen LogP contribution is -2.39. The number of hydrogen-bond acceptors (Lipinski definition) is 1. The van der Waals surface area contributed by atoms with Crippen LogP contribution in [0.25, 0.3) is 0 Å². The molecule has 1 rings (SSSR count). The summed E-state index contributed by atoms with van der Waals surface area (Å²) in [5, 5.41) is 0. The number of nitrogens with zero attached hydrogens (tertiary/aromatic N) is 1. The maximum atomic E-state index is 13.4. The molecule has 4 heteroatoms. The summed E-state index contributed by atoms with van der Waals surface area (Å²) in [7, 11) is 1.66. The molecule has 2 nitrogen and oxygen atoms in total. The molecule has 0 spiro atoms. The third kappa shape index (κ3) is 3.43. The van der Waals surface area contributed by atoms with E-state index in [4.69, 9.17) is 11.6 Å². The topological polar surface area (TPSA) is 20.3 Å². The smallest absolute Gasteiger partial charge is 0.229 e. The van der Waals surface area contributed by atoms with Crippen LogP contribution in [0.5, 0.6) is 0 Å². The maximum absolute atomic E-state index is 13.4. The Labute approximate surface area is 106 Å². The van der Waals surface area contributed by atoms with E-state index in [1.54, 1.807) is 39.1 Å². The maximum Gasteiger partial charge on any atom is 0.229 e. The van der Waals surface area contributed by atoms with Crippen LogP contribution < -0.4 is 0 Å². The van der Waals surface area contributed by atoms with E-state index in [1.807, 2.05) is 0 Å². The molecule has 0 radical (unpaired) electrons. The number of carbonyl (C=O) groups excluding carboxylic acids is 1. The molecule has 0 N–H and O–H groups in total. The van der Waals surface area contributed by atoms with Gasteiger partial charge in [0, 0.05) is 25.0 Å². The molecule has 0 fully saturated rings. The predicted octanol–water partition coefficient (Wildman–Crippen LogP) is 3.05. The van der Waals surface area contributed by atoms with Crippen molar-refractivity contribution in [1.29, 1.82) is 0 Å². The fraction of sp³-hybridized carbons (Fsp3) is 0.462. The Hall–Kier alpha value is -1.09. The molecule has 0 aromatic heterocycles. The zero-order valence-electron chi connectivity index (χ0n) is 10.3. The van der Waals surface area contributed by atoms with E-state index >= 15 is 0 Å². The number of rotatable bonds is 4. The molecule has 1 aromatic rings. The van der Waals surface area contributed by atoms with Crippen molar-refractivity contribution in [3.8, 4) is 0 Å². The first kappa shape index (κ1) is 14.0. The van der Waals surface area contributed by atoms with Crippen LogP contribution in [0, 0.1) is 11.2 Å². The van der Waals surface area contributed by atoms with Gasteiger partial charge in [0.05, 0.1) is 5.41 Å². The van der Waals surface area contributed by atoms with Gasteiger partial charge in [-0.2, -0.15) is 0 Å². The summed E-state index contributed by atoms with van der Waals surface area (Å²) in [5.74, 6) is -0.139. The molecular formula is C13H17ClFNO. The quantitative estimate of drug-likeness (QED) is 0.760. The first-order chi connectivity index (χ1) is 7.88. The molecule has 0 aliphatic carbocycles. The number of benzene rings is 1. The Bertz CT molecular complexity index is 406. The highest BCUT2D eigenvalue weighted by atomic mass is 35.5. The van der Waals surface area contributed by atoms with Crippen molar-refractivity contribution in [3.63, 3.8) is 0 Å². The first-order valence-corrected chi connectivity index (χ1v) is 5.97. The molecule has 0 saturated heterocycles. The molecule has 1 amide bonds. The van der Waals surface area contributed by atoms with Gasteiger partial charge >= 0.3 is 0 Å². The number of amides is 1. The van der Waals surface area contributed by atoms with E-state index in [-0.39, 0.29) is 24.1 Å². The number of carbonyl (C=O) groups is 1. The molecule has 0 heterocycles. The van der Waals surface area contributed by atoms with E-state index in [2.05, 4.69) is 0 Å². The second-order valence-corrected chi connectivity index (χ2v) is 5.04. The van der Waals surface area contributed by atoms with Crippen molar-refractivity contribution >= 4 is 17.5 Å². The van der Waals surface area contributed by atoms with Gasteiger partial charge in [-0.25, -0.2) is 4.39 Å². The molecule has 0 bridgehead atoms. The third-order valence-corrected chi connectivity index (χ3v) is 3.29. The van der Waals surface area contributed by atoms with E-state index in [1.165, 1.54) is 11.0 Å². The third-order valence-electron chi connectivity index (χ3n) is 2.63. The Morgan fingerprint density at radius 3 is 2.53 bits per heavy atom. The lowest BCUT2D eigenvalue weighted by Gasteiger charge is -2.27. The summed E-state index contributed by atoms with van der Waals surface area (Å²) in [5.41, 5.74) is -0.115. The highest BCUT2D eigenvalue weighted by Crippen LogP contribution is 2.21. The van der Waals surface area contributed by atoms with Gasteiger partial charge in [-0.1, -0.05) is 18.2 Å². The van der Waals surface area contributed by atoms with Crippen molar-refractivity contribution in [3.05, 3.63) is 35.6 Å². The molecule has 0 unspecified atom stereocenters. The zero-order chi connectivity index (χ0) is 13.1. The molecule has 0 saturated carbocycles. The SMILES string of the molecule is CN(Cc1ccccc1F)C(=O)C(C)(C)CCl. The lowest BCUT2D eigenvalue weighted by atomic mass is 9.94. The van der Waals surface area contributed by atoms with Gasteiger partial charge in [0.25, 0.3) is 0 Å². The number of alkyl halides is 1. The van der Waals surface area contributed by atoms with Crippen LogP contribution in [-0.2, 0) is 11.3 Å². The highest BCUT2D eigenvalue weighted by Gasteiger charge is 2.29. The van der Waals surface area contributed by atoms with Crippen molar-refractivity contribution < 1.29 is 9.18 Å². The van der Waals surface area contributed by atoms with Crippen LogP contribution in [0.1, 0.15) is 19.4 Å². The Balaban J connectivity index is 2.77. The summed E-state index contributed by atoms with van der Waals surface area (Å²) in [6, 6.07) is 6.44. The summed E-state index contributed by atoms with van der Waals surface area (Å²) in [6.07, 6.45) is 0. The van der Waals surface area contributed by atoms with Crippen LogP contribution in [0.3, 0.4) is 0 Å². The summed E-state index contributed by atoms with van der Waals surface area (Å²) < 4.78 is 13.4. The summed E-state index contributed by atoms with van der Waals surface area (Å²) >= 11 is 5.74. The summed E-state index contributed by atoms with van der Waals surface area (Å²) in [4.78, 5) is 13.5. The molecule has 17 heavy (non-hydrogen) atoms. The predicted molar refractivity (Wildman–Crippen MR) is 67.4 cm³/mol. The van der Waals surface area contributed by atoms with Gasteiger partial charge in [0.15, 0.2) is 0 Å². The van der Waals surface area contributed by atoms with Crippen LogP contribution in [-0.4, -0.2) is 23.7 Å². The van der Waals surface area contributed by atoms with Crippen molar-refractivity contribution in [2.75, 3.05) is 12.9 Å². The van der Waals surface area contributed by atoms with Crippen LogP contribution in [0.15, 0.2) is 24.3 Å². The Morgan fingerprint density at radius 1 is 1.41 bits per heavy atom. The second-order valence-electron chi connectivity index (χ2n) is 4.77. The van der Waals surface area contributed by atoms with Crippen LogP contribution in [0.2, 0.25) is 0 Å².